The average molecular weight is 507 g/mol. The SMILES string of the molecule is O=C(CSc1nc2ccccc2s1)Nc1ccc(N2CCN(C(=O)c3ccccc3F)CC2)cc1. The molecular formula is C26H23FN4O2S2. The minimum atomic E-state index is -0.490. The first-order valence-electron chi connectivity index (χ1n) is 11.2. The lowest BCUT2D eigenvalue weighted by molar-refractivity contribution is -0.113. The zero-order chi connectivity index (χ0) is 24.2. The van der Waals surface area contributed by atoms with E-state index < -0.39 is 5.82 Å². The maximum absolute atomic E-state index is 14.0. The van der Waals surface area contributed by atoms with Crippen molar-refractivity contribution >= 4 is 56.5 Å². The Morgan fingerprint density at radius 3 is 2.40 bits per heavy atom. The van der Waals surface area contributed by atoms with Gasteiger partial charge >= 0.3 is 0 Å². The van der Waals surface area contributed by atoms with Gasteiger partial charge in [0, 0.05) is 37.6 Å². The minimum Gasteiger partial charge on any atom is -0.368 e. The maximum atomic E-state index is 14.0. The van der Waals surface area contributed by atoms with E-state index in [0.29, 0.717) is 31.9 Å². The lowest BCUT2D eigenvalue weighted by Crippen LogP contribution is -2.49. The highest BCUT2D eigenvalue weighted by Crippen LogP contribution is 2.29. The van der Waals surface area contributed by atoms with Crippen molar-refractivity contribution in [3.05, 3.63) is 84.2 Å². The van der Waals surface area contributed by atoms with E-state index >= 15 is 0 Å². The highest BCUT2D eigenvalue weighted by atomic mass is 32.2. The summed E-state index contributed by atoms with van der Waals surface area (Å²) in [4.78, 5) is 33.4. The van der Waals surface area contributed by atoms with Gasteiger partial charge < -0.3 is 15.1 Å². The smallest absolute Gasteiger partial charge is 0.256 e. The predicted molar refractivity (Wildman–Crippen MR) is 140 cm³/mol. The summed E-state index contributed by atoms with van der Waals surface area (Å²) < 4.78 is 15.9. The van der Waals surface area contributed by atoms with Crippen molar-refractivity contribution in [2.24, 2.45) is 0 Å². The third kappa shape index (κ3) is 5.47. The summed E-state index contributed by atoms with van der Waals surface area (Å²) in [6.07, 6.45) is 0. The van der Waals surface area contributed by atoms with Gasteiger partial charge in [0.25, 0.3) is 5.91 Å². The Morgan fingerprint density at radius 2 is 1.66 bits per heavy atom. The second-order valence-corrected chi connectivity index (χ2v) is 10.3. The molecule has 35 heavy (non-hydrogen) atoms. The normalized spacial score (nSPS) is 13.7. The van der Waals surface area contributed by atoms with E-state index in [0.717, 1.165) is 25.9 Å². The fourth-order valence-corrected chi connectivity index (χ4v) is 5.83. The number of rotatable bonds is 6. The number of anilines is 2. The van der Waals surface area contributed by atoms with Crippen LogP contribution in [0.2, 0.25) is 0 Å². The first-order chi connectivity index (χ1) is 17.1. The molecule has 0 unspecified atom stereocenters. The highest BCUT2D eigenvalue weighted by molar-refractivity contribution is 8.01. The Bertz CT molecular complexity index is 1320. The molecule has 0 radical (unpaired) electrons. The molecule has 0 atom stereocenters. The zero-order valence-corrected chi connectivity index (χ0v) is 20.4. The Morgan fingerprint density at radius 1 is 0.943 bits per heavy atom. The molecule has 1 aliphatic rings. The van der Waals surface area contributed by atoms with Gasteiger partial charge in [0.2, 0.25) is 5.91 Å². The number of hydrogen-bond donors (Lipinski definition) is 1. The van der Waals surface area contributed by atoms with Crippen molar-refractivity contribution in [1.82, 2.24) is 9.88 Å². The standard InChI is InChI=1S/C26H23FN4O2S2/c27-21-6-2-1-5-20(21)25(33)31-15-13-30(14-16-31)19-11-9-18(10-12-19)28-24(32)17-34-26-29-22-7-3-4-8-23(22)35-26/h1-12H,13-17H2,(H,28,32). The molecule has 4 aromatic rings. The van der Waals surface area contributed by atoms with Crippen LogP contribution in [-0.4, -0.2) is 53.6 Å². The van der Waals surface area contributed by atoms with Gasteiger partial charge in [0.1, 0.15) is 5.82 Å². The molecule has 1 aliphatic heterocycles. The van der Waals surface area contributed by atoms with Crippen LogP contribution >= 0.6 is 23.1 Å². The van der Waals surface area contributed by atoms with E-state index in [9.17, 15) is 14.0 Å². The summed E-state index contributed by atoms with van der Waals surface area (Å²) in [7, 11) is 0. The van der Waals surface area contributed by atoms with E-state index in [4.69, 9.17) is 0 Å². The first kappa shape index (κ1) is 23.3. The minimum absolute atomic E-state index is 0.0812. The van der Waals surface area contributed by atoms with Gasteiger partial charge in [-0.3, -0.25) is 9.59 Å². The molecule has 0 aliphatic carbocycles. The largest absolute Gasteiger partial charge is 0.368 e. The summed E-state index contributed by atoms with van der Waals surface area (Å²) in [5, 5.41) is 2.93. The van der Waals surface area contributed by atoms with Gasteiger partial charge in [0.15, 0.2) is 4.34 Å². The monoisotopic (exact) mass is 506 g/mol. The van der Waals surface area contributed by atoms with Crippen molar-refractivity contribution < 1.29 is 14.0 Å². The molecule has 178 valence electrons. The number of halogens is 1. The fraction of sp³-hybridized carbons (Fsp3) is 0.192. The summed E-state index contributed by atoms with van der Waals surface area (Å²) in [5.74, 6) is -0.553. The zero-order valence-electron chi connectivity index (χ0n) is 18.8. The van der Waals surface area contributed by atoms with Crippen molar-refractivity contribution in [2.45, 2.75) is 4.34 Å². The number of carbonyl (C=O) groups is 2. The summed E-state index contributed by atoms with van der Waals surface area (Å²) in [5.41, 5.74) is 2.82. The van der Waals surface area contributed by atoms with Crippen LogP contribution in [0.4, 0.5) is 15.8 Å². The number of hydrogen-bond acceptors (Lipinski definition) is 6. The third-order valence-corrected chi connectivity index (χ3v) is 7.97. The molecule has 1 N–H and O–H groups in total. The molecule has 3 aromatic carbocycles. The molecule has 1 aromatic heterocycles. The number of benzene rings is 3. The lowest BCUT2D eigenvalue weighted by atomic mass is 10.1. The number of carbonyl (C=O) groups excluding carboxylic acids is 2. The van der Waals surface area contributed by atoms with Crippen LogP contribution in [0.5, 0.6) is 0 Å². The summed E-state index contributed by atoms with van der Waals surface area (Å²) in [6, 6.07) is 21.7. The molecule has 2 amide bonds. The molecule has 2 heterocycles. The first-order valence-corrected chi connectivity index (χ1v) is 13.0. The lowest BCUT2D eigenvalue weighted by Gasteiger charge is -2.36. The van der Waals surface area contributed by atoms with Crippen molar-refractivity contribution in [3.8, 4) is 0 Å². The molecule has 0 bridgehead atoms. The number of piperazine rings is 1. The summed E-state index contributed by atoms with van der Waals surface area (Å²) in [6.45, 7) is 2.36. The highest BCUT2D eigenvalue weighted by Gasteiger charge is 2.24. The molecule has 1 saturated heterocycles. The second kappa shape index (κ2) is 10.5. The fourth-order valence-electron chi connectivity index (χ4n) is 3.97. The molecule has 0 saturated carbocycles. The molecular weight excluding hydrogens is 483 g/mol. The van der Waals surface area contributed by atoms with Crippen LogP contribution in [0.3, 0.4) is 0 Å². The average Bonchev–Trinajstić information content (AvgIpc) is 3.31. The second-order valence-electron chi connectivity index (χ2n) is 8.09. The van der Waals surface area contributed by atoms with Gasteiger partial charge in [0.05, 0.1) is 21.5 Å². The molecule has 0 spiro atoms. The van der Waals surface area contributed by atoms with E-state index in [1.807, 2.05) is 48.5 Å². The van der Waals surface area contributed by atoms with Crippen LogP contribution in [0, 0.1) is 5.82 Å². The number of nitrogens with one attached hydrogen (secondary N) is 1. The van der Waals surface area contributed by atoms with Crippen molar-refractivity contribution in [1.29, 1.82) is 0 Å². The van der Waals surface area contributed by atoms with E-state index in [-0.39, 0.29) is 17.4 Å². The number of nitrogens with zero attached hydrogens (tertiary/aromatic N) is 3. The van der Waals surface area contributed by atoms with Gasteiger partial charge in [-0.2, -0.15) is 0 Å². The maximum Gasteiger partial charge on any atom is 0.256 e. The Balaban J connectivity index is 1.11. The summed E-state index contributed by atoms with van der Waals surface area (Å²) >= 11 is 3.02. The van der Waals surface area contributed by atoms with Gasteiger partial charge in [-0.1, -0.05) is 36.0 Å². The van der Waals surface area contributed by atoms with Crippen LogP contribution < -0.4 is 10.2 Å². The Labute approximate surface area is 210 Å². The number of para-hydroxylation sites is 1. The quantitative estimate of drug-likeness (QED) is 0.368. The molecule has 5 rings (SSSR count). The van der Waals surface area contributed by atoms with Gasteiger partial charge in [-0.25, -0.2) is 9.37 Å². The number of aromatic nitrogens is 1. The molecule has 9 heteroatoms. The van der Waals surface area contributed by atoms with E-state index in [1.54, 1.807) is 28.4 Å². The van der Waals surface area contributed by atoms with Crippen molar-refractivity contribution in [2.75, 3.05) is 42.1 Å². The number of fused-ring (bicyclic) bond motifs is 1. The van der Waals surface area contributed by atoms with Crippen LogP contribution in [0.15, 0.2) is 77.1 Å². The van der Waals surface area contributed by atoms with Crippen LogP contribution in [0.1, 0.15) is 10.4 Å². The predicted octanol–water partition coefficient (Wildman–Crippen LogP) is 5.13. The molecule has 6 nitrogen and oxygen atoms in total. The number of thiazole rings is 1. The number of thioether (sulfide) groups is 1. The third-order valence-electron chi connectivity index (χ3n) is 5.79. The van der Waals surface area contributed by atoms with Gasteiger partial charge in [-0.15, -0.1) is 11.3 Å². The molecule has 1 fully saturated rings. The van der Waals surface area contributed by atoms with E-state index in [2.05, 4.69) is 15.2 Å². The van der Waals surface area contributed by atoms with E-state index in [1.165, 1.54) is 23.9 Å². The Kier molecular flexibility index (Phi) is 6.96. The van der Waals surface area contributed by atoms with Crippen LogP contribution in [0.25, 0.3) is 10.2 Å². The van der Waals surface area contributed by atoms with Crippen molar-refractivity contribution in [3.63, 3.8) is 0 Å². The van der Waals surface area contributed by atoms with Gasteiger partial charge in [-0.05, 0) is 48.5 Å². The Hall–Kier alpha value is -3.43. The number of amides is 2. The van der Waals surface area contributed by atoms with Crippen LogP contribution in [-0.2, 0) is 4.79 Å². The topological polar surface area (TPSA) is 65.5 Å².